The number of aryl methyl sites for hydroxylation is 1. The number of carbonyl (C=O) groups excluding carboxylic acids is 1. The van der Waals surface area contributed by atoms with Crippen LogP contribution in [0.1, 0.15) is 35.7 Å². The van der Waals surface area contributed by atoms with E-state index in [1.807, 2.05) is 49.4 Å². The summed E-state index contributed by atoms with van der Waals surface area (Å²) in [5.74, 6) is 0.494. The van der Waals surface area contributed by atoms with Crippen LogP contribution in [-0.2, 0) is 0 Å². The van der Waals surface area contributed by atoms with Crippen molar-refractivity contribution in [2.75, 3.05) is 11.9 Å². The molecule has 0 unspecified atom stereocenters. The molecule has 2 aromatic rings. The maximum Gasteiger partial charge on any atom is 0.259 e. The van der Waals surface area contributed by atoms with Crippen LogP contribution in [0.2, 0.25) is 0 Å². The summed E-state index contributed by atoms with van der Waals surface area (Å²) in [4.78, 5) is 12.4. The Hall–Kier alpha value is -2.29. The molecule has 0 saturated heterocycles. The van der Waals surface area contributed by atoms with Crippen molar-refractivity contribution in [3.8, 4) is 5.75 Å². The second-order valence-corrected chi connectivity index (χ2v) is 4.97. The maximum atomic E-state index is 12.4. The van der Waals surface area contributed by atoms with E-state index in [9.17, 15) is 4.79 Å². The Morgan fingerprint density at radius 3 is 2.57 bits per heavy atom. The molecule has 3 heteroatoms. The van der Waals surface area contributed by atoms with E-state index < -0.39 is 0 Å². The van der Waals surface area contributed by atoms with Gasteiger partial charge < -0.3 is 10.1 Å². The van der Waals surface area contributed by atoms with Crippen molar-refractivity contribution in [3.05, 3.63) is 59.7 Å². The maximum absolute atomic E-state index is 12.4. The molecule has 3 nitrogen and oxygen atoms in total. The molecule has 0 bridgehead atoms. The molecule has 2 aromatic carbocycles. The first-order chi connectivity index (χ1) is 10.2. The minimum Gasteiger partial charge on any atom is -0.493 e. The molecule has 0 radical (unpaired) electrons. The number of hydrogen-bond acceptors (Lipinski definition) is 2. The molecule has 1 N–H and O–H groups in total. The van der Waals surface area contributed by atoms with Crippen LogP contribution in [0.25, 0.3) is 0 Å². The minimum absolute atomic E-state index is 0.142. The summed E-state index contributed by atoms with van der Waals surface area (Å²) in [5, 5.41) is 2.94. The van der Waals surface area contributed by atoms with Gasteiger partial charge in [0.05, 0.1) is 12.2 Å². The highest BCUT2D eigenvalue weighted by Gasteiger charge is 2.12. The van der Waals surface area contributed by atoms with Gasteiger partial charge in [0.25, 0.3) is 5.91 Å². The number of carbonyl (C=O) groups is 1. The number of para-hydroxylation sites is 2. The minimum atomic E-state index is -0.142. The SMILES string of the molecule is CCCCOc1ccccc1C(=O)Nc1ccccc1C. The average Bonchev–Trinajstić information content (AvgIpc) is 2.50. The second kappa shape index (κ2) is 7.48. The molecule has 0 heterocycles. The quantitative estimate of drug-likeness (QED) is 0.797. The normalized spacial score (nSPS) is 10.2. The zero-order valence-electron chi connectivity index (χ0n) is 12.6. The summed E-state index contributed by atoms with van der Waals surface area (Å²) >= 11 is 0. The fraction of sp³-hybridized carbons (Fsp3) is 0.278. The molecule has 0 aliphatic heterocycles. The van der Waals surface area contributed by atoms with Crippen LogP contribution in [0, 0.1) is 6.92 Å². The highest BCUT2D eigenvalue weighted by Crippen LogP contribution is 2.21. The van der Waals surface area contributed by atoms with Crippen molar-refractivity contribution in [1.82, 2.24) is 0 Å². The Kier molecular flexibility index (Phi) is 5.38. The van der Waals surface area contributed by atoms with E-state index >= 15 is 0 Å². The Labute approximate surface area is 126 Å². The summed E-state index contributed by atoms with van der Waals surface area (Å²) < 4.78 is 5.71. The number of amides is 1. The third-order valence-corrected chi connectivity index (χ3v) is 3.28. The van der Waals surface area contributed by atoms with Gasteiger partial charge in [0.1, 0.15) is 5.75 Å². The van der Waals surface area contributed by atoms with Crippen LogP contribution in [0.5, 0.6) is 5.75 Å². The zero-order valence-corrected chi connectivity index (χ0v) is 12.6. The lowest BCUT2D eigenvalue weighted by atomic mass is 10.1. The average molecular weight is 283 g/mol. The standard InChI is InChI=1S/C18H21NO2/c1-3-4-13-21-17-12-8-6-10-15(17)18(20)19-16-11-7-5-9-14(16)2/h5-12H,3-4,13H2,1-2H3,(H,19,20). The Morgan fingerprint density at radius 2 is 1.81 bits per heavy atom. The summed E-state index contributed by atoms with van der Waals surface area (Å²) in [5.41, 5.74) is 2.43. The molecule has 0 spiro atoms. The number of unbranched alkanes of at least 4 members (excludes halogenated alkanes) is 1. The van der Waals surface area contributed by atoms with Crippen LogP contribution in [-0.4, -0.2) is 12.5 Å². The molecule has 0 fully saturated rings. The summed E-state index contributed by atoms with van der Waals surface area (Å²) in [7, 11) is 0. The predicted molar refractivity (Wildman–Crippen MR) is 86.0 cm³/mol. The van der Waals surface area contributed by atoms with Gasteiger partial charge in [0.2, 0.25) is 0 Å². The number of nitrogens with one attached hydrogen (secondary N) is 1. The molecule has 2 rings (SSSR count). The van der Waals surface area contributed by atoms with Gasteiger partial charge in [-0.2, -0.15) is 0 Å². The topological polar surface area (TPSA) is 38.3 Å². The van der Waals surface area contributed by atoms with E-state index in [1.165, 1.54) is 0 Å². The highest BCUT2D eigenvalue weighted by molar-refractivity contribution is 6.06. The molecular formula is C18H21NO2. The first-order valence-electron chi connectivity index (χ1n) is 7.31. The van der Waals surface area contributed by atoms with Gasteiger partial charge >= 0.3 is 0 Å². The molecule has 110 valence electrons. The van der Waals surface area contributed by atoms with Gasteiger partial charge in [0.15, 0.2) is 0 Å². The predicted octanol–water partition coefficient (Wildman–Crippen LogP) is 4.43. The monoisotopic (exact) mass is 283 g/mol. The van der Waals surface area contributed by atoms with E-state index in [-0.39, 0.29) is 5.91 Å². The van der Waals surface area contributed by atoms with Crippen molar-refractivity contribution in [2.45, 2.75) is 26.7 Å². The van der Waals surface area contributed by atoms with E-state index in [1.54, 1.807) is 6.07 Å². The molecule has 1 amide bonds. The molecule has 0 aliphatic rings. The van der Waals surface area contributed by atoms with E-state index in [0.717, 1.165) is 24.1 Å². The van der Waals surface area contributed by atoms with Gasteiger partial charge in [0, 0.05) is 5.69 Å². The van der Waals surface area contributed by atoms with E-state index in [2.05, 4.69) is 12.2 Å². The smallest absolute Gasteiger partial charge is 0.259 e. The summed E-state index contributed by atoms with van der Waals surface area (Å²) in [6.07, 6.45) is 2.05. The fourth-order valence-corrected chi connectivity index (χ4v) is 2.01. The van der Waals surface area contributed by atoms with Crippen LogP contribution < -0.4 is 10.1 Å². The Balaban J connectivity index is 2.13. The lowest BCUT2D eigenvalue weighted by molar-refractivity contribution is 0.102. The second-order valence-electron chi connectivity index (χ2n) is 4.97. The summed E-state index contributed by atoms with van der Waals surface area (Å²) in [6.45, 7) is 4.71. The fourth-order valence-electron chi connectivity index (χ4n) is 2.01. The van der Waals surface area contributed by atoms with Crippen LogP contribution in [0.15, 0.2) is 48.5 Å². The van der Waals surface area contributed by atoms with Gasteiger partial charge in [-0.15, -0.1) is 0 Å². The molecule has 0 aromatic heterocycles. The molecular weight excluding hydrogens is 262 g/mol. The van der Waals surface area contributed by atoms with E-state index in [4.69, 9.17) is 4.74 Å². The van der Waals surface area contributed by atoms with Crippen LogP contribution in [0.3, 0.4) is 0 Å². The van der Waals surface area contributed by atoms with Crippen LogP contribution in [0.4, 0.5) is 5.69 Å². The Morgan fingerprint density at radius 1 is 1.10 bits per heavy atom. The first-order valence-corrected chi connectivity index (χ1v) is 7.31. The van der Waals surface area contributed by atoms with Crippen molar-refractivity contribution in [3.63, 3.8) is 0 Å². The van der Waals surface area contributed by atoms with E-state index in [0.29, 0.717) is 17.9 Å². The van der Waals surface area contributed by atoms with Crippen molar-refractivity contribution < 1.29 is 9.53 Å². The van der Waals surface area contributed by atoms with Crippen molar-refractivity contribution in [2.24, 2.45) is 0 Å². The number of benzene rings is 2. The van der Waals surface area contributed by atoms with Gasteiger partial charge in [-0.1, -0.05) is 43.7 Å². The zero-order chi connectivity index (χ0) is 15.1. The molecule has 0 saturated carbocycles. The van der Waals surface area contributed by atoms with Crippen molar-refractivity contribution in [1.29, 1.82) is 0 Å². The molecule has 21 heavy (non-hydrogen) atoms. The highest BCUT2D eigenvalue weighted by atomic mass is 16.5. The lowest BCUT2D eigenvalue weighted by Crippen LogP contribution is -2.14. The van der Waals surface area contributed by atoms with Gasteiger partial charge in [-0.25, -0.2) is 0 Å². The largest absolute Gasteiger partial charge is 0.493 e. The van der Waals surface area contributed by atoms with Crippen LogP contribution >= 0.6 is 0 Å². The third-order valence-electron chi connectivity index (χ3n) is 3.28. The molecule has 0 aliphatic carbocycles. The van der Waals surface area contributed by atoms with Crippen molar-refractivity contribution >= 4 is 11.6 Å². The number of anilines is 1. The number of rotatable bonds is 6. The Bertz CT molecular complexity index is 608. The number of hydrogen-bond donors (Lipinski definition) is 1. The first kappa shape index (κ1) is 15.1. The molecule has 0 atom stereocenters. The summed E-state index contributed by atoms with van der Waals surface area (Å²) in [6, 6.07) is 15.1. The third kappa shape index (κ3) is 4.09. The van der Waals surface area contributed by atoms with Gasteiger partial charge in [-0.05, 0) is 37.1 Å². The van der Waals surface area contributed by atoms with Gasteiger partial charge in [-0.3, -0.25) is 4.79 Å². The number of ether oxygens (including phenoxy) is 1. The lowest BCUT2D eigenvalue weighted by Gasteiger charge is -2.12.